The number of halogens is 1. The largest absolute Gasteiger partial charge is 0.378 e. The van der Waals surface area contributed by atoms with Gasteiger partial charge in [-0.15, -0.1) is 0 Å². The molecule has 0 radical (unpaired) electrons. The van der Waals surface area contributed by atoms with Gasteiger partial charge in [-0.1, -0.05) is 23.7 Å². The molecular formula is C21H21ClN4O3. The van der Waals surface area contributed by atoms with Crippen molar-refractivity contribution in [3.8, 4) is 6.07 Å². The molecule has 0 unspecified atom stereocenters. The van der Waals surface area contributed by atoms with E-state index in [1.54, 1.807) is 6.07 Å². The van der Waals surface area contributed by atoms with E-state index in [-0.39, 0.29) is 11.3 Å². The van der Waals surface area contributed by atoms with Gasteiger partial charge in [0.05, 0.1) is 24.5 Å². The fraction of sp³-hybridized carbons (Fsp3) is 0.286. The van der Waals surface area contributed by atoms with Gasteiger partial charge >= 0.3 is 11.8 Å². The summed E-state index contributed by atoms with van der Waals surface area (Å²) in [5.74, 6) is -1.61. The van der Waals surface area contributed by atoms with Crippen LogP contribution >= 0.6 is 11.6 Å². The molecule has 2 N–H and O–H groups in total. The number of morpholine rings is 1. The first kappa shape index (κ1) is 20.6. The summed E-state index contributed by atoms with van der Waals surface area (Å²) in [4.78, 5) is 26.4. The highest BCUT2D eigenvalue weighted by atomic mass is 35.5. The molecule has 1 heterocycles. The quantitative estimate of drug-likeness (QED) is 0.735. The van der Waals surface area contributed by atoms with Crippen LogP contribution in [0.2, 0.25) is 5.02 Å². The summed E-state index contributed by atoms with van der Waals surface area (Å²) in [5, 5.41) is 14.4. The molecule has 3 rings (SSSR count). The fourth-order valence-corrected chi connectivity index (χ4v) is 3.16. The highest BCUT2D eigenvalue weighted by molar-refractivity contribution is 6.40. The second kappa shape index (κ2) is 9.92. The minimum absolute atomic E-state index is 0.207. The van der Waals surface area contributed by atoms with Crippen LogP contribution in [0.1, 0.15) is 11.1 Å². The fourth-order valence-electron chi connectivity index (χ4n) is 2.99. The van der Waals surface area contributed by atoms with E-state index in [0.717, 1.165) is 37.6 Å². The Hall–Kier alpha value is -3.08. The molecule has 8 heteroatoms. The summed E-state index contributed by atoms with van der Waals surface area (Å²) in [7, 11) is 0. The summed E-state index contributed by atoms with van der Waals surface area (Å²) in [6, 6.07) is 14.5. The number of ether oxygens (including phenoxy) is 1. The van der Waals surface area contributed by atoms with Crippen molar-refractivity contribution in [2.45, 2.75) is 6.42 Å². The SMILES string of the molecule is N#Cc1ccc(Cl)cc1NC(=O)C(=O)NCCc1ccc(N2CCOCC2)cc1. The van der Waals surface area contributed by atoms with Gasteiger partial charge in [0.2, 0.25) is 0 Å². The van der Waals surface area contributed by atoms with Crippen LogP contribution < -0.4 is 15.5 Å². The Labute approximate surface area is 174 Å². The number of hydrogen-bond donors (Lipinski definition) is 2. The van der Waals surface area contributed by atoms with E-state index in [9.17, 15) is 9.59 Å². The van der Waals surface area contributed by atoms with Crippen molar-refractivity contribution in [1.29, 1.82) is 5.26 Å². The zero-order chi connectivity index (χ0) is 20.6. The molecule has 150 valence electrons. The number of anilines is 2. The molecule has 1 fully saturated rings. The third-order valence-corrected chi connectivity index (χ3v) is 4.80. The Morgan fingerprint density at radius 2 is 1.83 bits per heavy atom. The van der Waals surface area contributed by atoms with Crippen molar-refractivity contribution in [2.24, 2.45) is 0 Å². The van der Waals surface area contributed by atoms with Crippen LogP contribution in [0.25, 0.3) is 0 Å². The van der Waals surface area contributed by atoms with Crippen LogP contribution in [0.4, 0.5) is 11.4 Å². The molecule has 2 aromatic rings. The first-order valence-corrected chi connectivity index (χ1v) is 9.65. The predicted molar refractivity (Wildman–Crippen MR) is 111 cm³/mol. The van der Waals surface area contributed by atoms with E-state index >= 15 is 0 Å². The highest BCUT2D eigenvalue weighted by Crippen LogP contribution is 2.20. The third-order valence-electron chi connectivity index (χ3n) is 4.57. The lowest BCUT2D eigenvalue weighted by atomic mass is 10.1. The lowest BCUT2D eigenvalue weighted by Gasteiger charge is -2.28. The molecule has 0 saturated carbocycles. The van der Waals surface area contributed by atoms with E-state index in [2.05, 4.69) is 27.7 Å². The maximum absolute atomic E-state index is 12.1. The smallest absolute Gasteiger partial charge is 0.313 e. The van der Waals surface area contributed by atoms with Gasteiger partial charge in [-0.05, 0) is 42.3 Å². The average Bonchev–Trinajstić information content (AvgIpc) is 2.75. The molecule has 1 aliphatic rings. The van der Waals surface area contributed by atoms with Crippen molar-refractivity contribution in [1.82, 2.24) is 5.32 Å². The predicted octanol–water partition coefficient (Wildman–Crippen LogP) is 2.35. The van der Waals surface area contributed by atoms with Gasteiger partial charge in [0.1, 0.15) is 6.07 Å². The molecule has 29 heavy (non-hydrogen) atoms. The first-order valence-electron chi connectivity index (χ1n) is 9.27. The topological polar surface area (TPSA) is 94.5 Å². The van der Waals surface area contributed by atoms with Crippen molar-refractivity contribution in [3.05, 3.63) is 58.6 Å². The number of amides is 2. The summed E-state index contributed by atoms with van der Waals surface area (Å²) in [5.41, 5.74) is 2.65. The standard InChI is InChI=1S/C21H21ClN4O3/c22-17-4-3-16(14-23)19(13-17)25-21(28)20(27)24-8-7-15-1-5-18(6-2-15)26-9-11-29-12-10-26/h1-6,13H,7-12H2,(H,24,27)(H,25,28). The summed E-state index contributed by atoms with van der Waals surface area (Å²) < 4.78 is 5.36. The van der Waals surface area contributed by atoms with Gasteiger partial charge < -0.3 is 20.3 Å². The Morgan fingerprint density at radius 1 is 1.10 bits per heavy atom. The van der Waals surface area contributed by atoms with E-state index in [1.165, 1.54) is 12.1 Å². The number of carbonyl (C=O) groups is 2. The lowest BCUT2D eigenvalue weighted by molar-refractivity contribution is -0.136. The number of nitrogens with one attached hydrogen (secondary N) is 2. The molecule has 2 aromatic carbocycles. The van der Waals surface area contributed by atoms with E-state index < -0.39 is 11.8 Å². The molecule has 0 atom stereocenters. The second-order valence-corrected chi connectivity index (χ2v) is 6.96. The number of rotatable bonds is 5. The molecule has 0 spiro atoms. The minimum atomic E-state index is -0.841. The van der Waals surface area contributed by atoms with Crippen LogP contribution in [-0.2, 0) is 20.7 Å². The van der Waals surface area contributed by atoms with Crippen LogP contribution in [0.15, 0.2) is 42.5 Å². The molecule has 0 aliphatic carbocycles. The second-order valence-electron chi connectivity index (χ2n) is 6.53. The summed E-state index contributed by atoms with van der Waals surface area (Å²) in [6.07, 6.45) is 0.600. The zero-order valence-corrected chi connectivity index (χ0v) is 16.5. The van der Waals surface area contributed by atoms with Gasteiger partial charge in [-0.2, -0.15) is 5.26 Å². The van der Waals surface area contributed by atoms with Crippen LogP contribution in [-0.4, -0.2) is 44.7 Å². The molecule has 1 saturated heterocycles. The molecule has 7 nitrogen and oxygen atoms in total. The van der Waals surface area contributed by atoms with Crippen molar-refractivity contribution < 1.29 is 14.3 Å². The first-order chi connectivity index (χ1) is 14.1. The number of nitriles is 1. The lowest BCUT2D eigenvalue weighted by Crippen LogP contribution is -2.36. The summed E-state index contributed by atoms with van der Waals surface area (Å²) in [6.45, 7) is 3.56. The van der Waals surface area contributed by atoms with E-state index in [4.69, 9.17) is 21.6 Å². The number of nitrogens with zero attached hydrogens (tertiary/aromatic N) is 2. The van der Waals surface area contributed by atoms with E-state index in [0.29, 0.717) is 18.0 Å². The maximum atomic E-state index is 12.1. The van der Waals surface area contributed by atoms with Crippen LogP contribution in [0.3, 0.4) is 0 Å². The normalized spacial score (nSPS) is 13.4. The van der Waals surface area contributed by atoms with Gasteiger partial charge in [-0.25, -0.2) is 0 Å². The molecule has 0 aromatic heterocycles. The van der Waals surface area contributed by atoms with Crippen molar-refractivity contribution >= 4 is 34.8 Å². The summed E-state index contributed by atoms with van der Waals surface area (Å²) >= 11 is 5.88. The Balaban J connectivity index is 1.47. The third kappa shape index (κ3) is 5.70. The molecular weight excluding hydrogens is 392 g/mol. The number of carbonyl (C=O) groups excluding carboxylic acids is 2. The van der Waals surface area contributed by atoms with Crippen LogP contribution in [0.5, 0.6) is 0 Å². The van der Waals surface area contributed by atoms with Gasteiger partial charge in [0.25, 0.3) is 0 Å². The van der Waals surface area contributed by atoms with Crippen molar-refractivity contribution in [3.63, 3.8) is 0 Å². The van der Waals surface area contributed by atoms with Gasteiger partial charge in [-0.3, -0.25) is 9.59 Å². The zero-order valence-electron chi connectivity index (χ0n) is 15.8. The molecule has 2 amide bonds. The minimum Gasteiger partial charge on any atom is -0.378 e. The molecule has 0 bridgehead atoms. The number of hydrogen-bond acceptors (Lipinski definition) is 5. The van der Waals surface area contributed by atoms with Crippen molar-refractivity contribution in [2.75, 3.05) is 43.1 Å². The Bertz CT molecular complexity index is 919. The molecule has 1 aliphatic heterocycles. The average molecular weight is 413 g/mol. The maximum Gasteiger partial charge on any atom is 0.313 e. The highest BCUT2D eigenvalue weighted by Gasteiger charge is 2.15. The Kier molecular flexibility index (Phi) is 7.06. The van der Waals surface area contributed by atoms with Gasteiger partial charge in [0, 0.05) is 30.3 Å². The van der Waals surface area contributed by atoms with E-state index in [1.807, 2.05) is 18.2 Å². The monoisotopic (exact) mass is 412 g/mol. The Morgan fingerprint density at radius 3 is 2.52 bits per heavy atom. The van der Waals surface area contributed by atoms with Gasteiger partial charge in [0.15, 0.2) is 0 Å². The number of benzene rings is 2. The van der Waals surface area contributed by atoms with Crippen LogP contribution in [0, 0.1) is 11.3 Å².